The summed E-state index contributed by atoms with van der Waals surface area (Å²) in [6, 6.07) is 14.5. The van der Waals surface area contributed by atoms with Crippen molar-refractivity contribution in [3.63, 3.8) is 0 Å². The van der Waals surface area contributed by atoms with E-state index in [9.17, 15) is 14.7 Å². The molecule has 3 aromatic rings. The van der Waals surface area contributed by atoms with Crippen molar-refractivity contribution in [2.45, 2.75) is 25.4 Å². The Hall–Kier alpha value is -3.19. The van der Waals surface area contributed by atoms with E-state index >= 15 is 0 Å². The van der Waals surface area contributed by atoms with Gasteiger partial charge in [0.15, 0.2) is 0 Å². The summed E-state index contributed by atoms with van der Waals surface area (Å²) in [7, 11) is 0. The first-order chi connectivity index (χ1) is 13.6. The molecule has 4 rings (SSSR count). The highest BCUT2D eigenvalue weighted by molar-refractivity contribution is 5.98. The van der Waals surface area contributed by atoms with Crippen LogP contribution >= 0.6 is 0 Å². The number of para-hydroxylation sites is 1. The maximum absolute atomic E-state index is 12.7. The number of rotatable bonds is 4. The van der Waals surface area contributed by atoms with Gasteiger partial charge in [-0.2, -0.15) is 5.10 Å². The van der Waals surface area contributed by atoms with Crippen molar-refractivity contribution in [3.05, 3.63) is 59.8 Å². The summed E-state index contributed by atoms with van der Waals surface area (Å²) in [4.78, 5) is 26.8. The predicted octanol–water partition coefficient (Wildman–Crippen LogP) is 2.34. The van der Waals surface area contributed by atoms with Crippen LogP contribution in [0.1, 0.15) is 28.9 Å². The first kappa shape index (κ1) is 18.2. The highest BCUT2D eigenvalue weighted by Crippen LogP contribution is 2.18. The zero-order chi connectivity index (χ0) is 19.5. The van der Waals surface area contributed by atoms with E-state index in [1.165, 1.54) is 0 Å². The number of benzene rings is 2. The number of anilines is 1. The maximum Gasteiger partial charge on any atom is 0.254 e. The quantitative estimate of drug-likeness (QED) is 0.649. The molecule has 28 heavy (non-hydrogen) atoms. The van der Waals surface area contributed by atoms with Crippen LogP contribution in [-0.2, 0) is 11.2 Å². The van der Waals surface area contributed by atoms with Gasteiger partial charge in [0.25, 0.3) is 5.91 Å². The van der Waals surface area contributed by atoms with Crippen molar-refractivity contribution in [2.75, 3.05) is 18.4 Å². The summed E-state index contributed by atoms with van der Waals surface area (Å²) in [6.07, 6.45) is 1.21. The van der Waals surface area contributed by atoms with Crippen molar-refractivity contribution in [2.24, 2.45) is 0 Å². The molecule has 2 amide bonds. The van der Waals surface area contributed by atoms with E-state index in [1.54, 1.807) is 29.2 Å². The SMILES string of the molecule is O=C(Cc1[nH]nc2ccccc12)Nc1cccc(C(=O)N2CCCC(O)C2)c1. The second kappa shape index (κ2) is 7.82. The monoisotopic (exact) mass is 378 g/mol. The van der Waals surface area contributed by atoms with Crippen LogP contribution in [0.4, 0.5) is 5.69 Å². The van der Waals surface area contributed by atoms with Gasteiger partial charge in [-0.1, -0.05) is 24.3 Å². The number of H-pyrrole nitrogens is 1. The number of nitrogens with zero attached hydrogens (tertiary/aromatic N) is 2. The van der Waals surface area contributed by atoms with Gasteiger partial charge < -0.3 is 15.3 Å². The van der Waals surface area contributed by atoms with Crippen molar-refractivity contribution in [1.29, 1.82) is 0 Å². The molecule has 1 aromatic heterocycles. The zero-order valence-electron chi connectivity index (χ0n) is 15.4. The fourth-order valence-electron chi connectivity index (χ4n) is 3.57. The molecule has 1 fully saturated rings. The number of nitrogens with one attached hydrogen (secondary N) is 2. The number of likely N-dealkylation sites (tertiary alicyclic amines) is 1. The fourth-order valence-corrected chi connectivity index (χ4v) is 3.57. The summed E-state index contributed by atoms with van der Waals surface area (Å²) in [5.74, 6) is -0.318. The molecule has 1 aliphatic heterocycles. The maximum atomic E-state index is 12.7. The lowest BCUT2D eigenvalue weighted by Crippen LogP contribution is -2.42. The van der Waals surface area contributed by atoms with Crippen molar-refractivity contribution in [3.8, 4) is 0 Å². The standard InChI is InChI=1S/C21H22N4O3/c26-16-7-4-10-25(13-16)21(28)14-5-3-6-15(11-14)22-20(27)12-19-17-8-1-2-9-18(17)23-24-19/h1-3,5-6,8-9,11,16,26H,4,7,10,12-13H2,(H,22,27)(H,23,24). The number of aliphatic hydroxyl groups is 1. The molecular weight excluding hydrogens is 356 g/mol. The lowest BCUT2D eigenvalue weighted by Gasteiger charge is -2.30. The van der Waals surface area contributed by atoms with Crippen LogP contribution in [0.2, 0.25) is 0 Å². The first-order valence-corrected chi connectivity index (χ1v) is 9.39. The molecule has 0 bridgehead atoms. The van der Waals surface area contributed by atoms with Crippen LogP contribution in [0.5, 0.6) is 0 Å². The molecule has 2 aromatic carbocycles. The second-order valence-electron chi connectivity index (χ2n) is 7.07. The molecule has 7 heteroatoms. The number of aromatic amines is 1. The Morgan fingerprint density at radius 2 is 2.07 bits per heavy atom. The van der Waals surface area contributed by atoms with Crippen LogP contribution in [0, 0.1) is 0 Å². The number of aliphatic hydroxyl groups excluding tert-OH is 1. The fraction of sp³-hybridized carbons (Fsp3) is 0.286. The highest BCUT2D eigenvalue weighted by Gasteiger charge is 2.23. The summed E-state index contributed by atoms with van der Waals surface area (Å²) in [6.45, 7) is 0.988. The topological polar surface area (TPSA) is 98.3 Å². The Labute approximate surface area is 162 Å². The predicted molar refractivity (Wildman–Crippen MR) is 106 cm³/mol. The Morgan fingerprint density at radius 3 is 2.93 bits per heavy atom. The van der Waals surface area contributed by atoms with Gasteiger partial charge in [0.05, 0.1) is 23.7 Å². The van der Waals surface area contributed by atoms with Gasteiger partial charge in [-0.3, -0.25) is 14.7 Å². The van der Waals surface area contributed by atoms with Crippen LogP contribution in [0.25, 0.3) is 10.9 Å². The molecule has 3 N–H and O–H groups in total. The molecule has 0 spiro atoms. The lowest BCUT2D eigenvalue weighted by atomic mass is 10.1. The van der Waals surface area contributed by atoms with Crippen LogP contribution in [0.3, 0.4) is 0 Å². The van der Waals surface area contributed by atoms with E-state index < -0.39 is 6.10 Å². The molecular formula is C21H22N4O3. The Morgan fingerprint density at radius 1 is 1.21 bits per heavy atom. The van der Waals surface area contributed by atoms with Gasteiger partial charge in [-0.15, -0.1) is 0 Å². The third kappa shape index (κ3) is 3.89. The molecule has 0 aliphatic carbocycles. The number of hydrogen-bond acceptors (Lipinski definition) is 4. The summed E-state index contributed by atoms with van der Waals surface area (Å²) >= 11 is 0. The second-order valence-corrected chi connectivity index (χ2v) is 7.07. The van der Waals surface area contributed by atoms with E-state index in [2.05, 4.69) is 15.5 Å². The molecule has 1 unspecified atom stereocenters. The molecule has 0 radical (unpaired) electrons. The minimum absolute atomic E-state index is 0.130. The normalized spacial score (nSPS) is 16.9. The van der Waals surface area contributed by atoms with Gasteiger partial charge >= 0.3 is 0 Å². The van der Waals surface area contributed by atoms with E-state index in [-0.39, 0.29) is 18.2 Å². The minimum Gasteiger partial charge on any atom is -0.391 e. The number of amides is 2. The largest absolute Gasteiger partial charge is 0.391 e. The molecule has 1 saturated heterocycles. The summed E-state index contributed by atoms with van der Waals surface area (Å²) in [5, 5.41) is 20.7. The minimum atomic E-state index is -0.468. The highest BCUT2D eigenvalue weighted by atomic mass is 16.3. The van der Waals surface area contributed by atoms with E-state index in [1.807, 2.05) is 24.3 Å². The molecule has 144 valence electrons. The first-order valence-electron chi connectivity index (χ1n) is 9.39. The molecule has 0 saturated carbocycles. The third-order valence-corrected chi connectivity index (χ3v) is 4.95. The van der Waals surface area contributed by atoms with Gasteiger partial charge in [0.1, 0.15) is 0 Å². The van der Waals surface area contributed by atoms with Crippen LogP contribution < -0.4 is 5.32 Å². The van der Waals surface area contributed by atoms with Crippen molar-refractivity contribution < 1.29 is 14.7 Å². The average Bonchev–Trinajstić information content (AvgIpc) is 3.10. The molecule has 1 atom stereocenters. The number of β-amino-alcohol motifs (C(OH)–C–C–N with tert-alkyl or cyclic N) is 1. The van der Waals surface area contributed by atoms with Crippen molar-refractivity contribution in [1.82, 2.24) is 15.1 Å². The molecule has 1 aliphatic rings. The third-order valence-electron chi connectivity index (χ3n) is 4.95. The molecule has 7 nitrogen and oxygen atoms in total. The number of carbonyl (C=O) groups is 2. The van der Waals surface area contributed by atoms with Crippen molar-refractivity contribution >= 4 is 28.4 Å². The van der Waals surface area contributed by atoms with Gasteiger partial charge in [-0.05, 0) is 37.1 Å². The van der Waals surface area contributed by atoms with E-state index in [0.717, 1.165) is 29.4 Å². The number of fused-ring (bicyclic) bond motifs is 1. The lowest BCUT2D eigenvalue weighted by molar-refractivity contribution is -0.115. The smallest absolute Gasteiger partial charge is 0.254 e. The number of piperidine rings is 1. The number of carbonyl (C=O) groups excluding carboxylic acids is 2. The summed E-state index contributed by atoms with van der Waals surface area (Å²) in [5.41, 5.74) is 2.64. The molecule has 2 heterocycles. The number of aromatic nitrogens is 2. The van der Waals surface area contributed by atoms with Gasteiger partial charge in [-0.25, -0.2) is 0 Å². The Bertz CT molecular complexity index is 1010. The van der Waals surface area contributed by atoms with E-state index in [0.29, 0.717) is 24.3 Å². The number of hydrogen-bond donors (Lipinski definition) is 3. The Balaban J connectivity index is 1.44. The van der Waals surface area contributed by atoms with Crippen LogP contribution in [0.15, 0.2) is 48.5 Å². The summed E-state index contributed by atoms with van der Waals surface area (Å²) < 4.78 is 0. The average molecular weight is 378 g/mol. The van der Waals surface area contributed by atoms with Gasteiger partial charge in [0, 0.05) is 29.7 Å². The zero-order valence-corrected chi connectivity index (χ0v) is 15.4. The van der Waals surface area contributed by atoms with Crippen LogP contribution in [-0.4, -0.2) is 51.2 Å². The Kier molecular flexibility index (Phi) is 5.08. The van der Waals surface area contributed by atoms with Gasteiger partial charge in [0.2, 0.25) is 5.91 Å². The van der Waals surface area contributed by atoms with E-state index in [4.69, 9.17) is 0 Å².